The molecule has 16 heavy (non-hydrogen) atoms. The van der Waals surface area contributed by atoms with Crippen molar-refractivity contribution in [3.05, 3.63) is 33.9 Å². The van der Waals surface area contributed by atoms with Gasteiger partial charge in [-0.05, 0) is 25.0 Å². The number of amidine groups is 1. The van der Waals surface area contributed by atoms with Crippen LogP contribution >= 0.6 is 0 Å². The number of rotatable bonds is 3. The number of hydrogen-bond donors (Lipinski definition) is 2. The van der Waals surface area contributed by atoms with Crippen molar-refractivity contribution in [2.75, 3.05) is 0 Å². The van der Waals surface area contributed by atoms with E-state index in [2.05, 4.69) is 4.99 Å². The Balaban J connectivity index is 2.29. The molecule has 1 aromatic carbocycles. The van der Waals surface area contributed by atoms with Gasteiger partial charge in [-0.15, -0.1) is 0 Å². The Bertz CT molecular complexity index is 466. The van der Waals surface area contributed by atoms with E-state index in [0.29, 0.717) is 11.4 Å². The van der Waals surface area contributed by atoms with Crippen LogP contribution in [0.3, 0.4) is 0 Å². The van der Waals surface area contributed by atoms with E-state index < -0.39 is 10.7 Å². The summed E-state index contributed by atoms with van der Waals surface area (Å²) in [5.41, 5.74) is 5.88. The molecule has 3 N–H and O–H groups in total. The van der Waals surface area contributed by atoms with Gasteiger partial charge in [0.15, 0.2) is 5.75 Å². The summed E-state index contributed by atoms with van der Waals surface area (Å²) < 4.78 is 0. The van der Waals surface area contributed by atoms with Crippen molar-refractivity contribution in [1.29, 1.82) is 0 Å². The number of aromatic hydroxyl groups is 1. The van der Waals surface area contributed by atoms with Crippen molar-refractivity contribution in [2.24, 2.45) is 10.7 Å². The second-order valence-electron chi connectivity index (χ2n) is 3.71. The van der Waals surface area contributed by atoms with Gasteiger partial charge < -0.3 is 10.8 Å². The average Bonchev–Trinajstić information content (AvgIpc) is 3.00. The van der Waals surface area contributed by atoms with E-state index in [-0.39, 0.29) is 11.7 Å². The molecule has 0 saturated heterocycles. The van der Waals surface area contributed by atoms with Crippen LogP contribution in [-0.4, -0.2) is 21.9 Å². The molecule has 0 aromatic heterocycles. The summed E-state index contributed by atoms with van der Waals surface area (Å²) in [7, 11) is 0. The van der Waals surface area contributed by atoms with Crippen molar-refractivity contribution >= 4 is 11.5 Å². The van der Waals surface area contributed by atoms with E-state index in [4.69, 9.17) is 5.73 Å². The van der Waals surface area contributed by atoms with Crippen LogP contribution in [0.1, 0.15) is 18.4 Å². The third-order valence-electron chi connectivity index (χ3n) is 2.34. The lowest BCUT2D eigenvalue weighted by Gasteiger charge is -2.02. The molecule has 0 amide bonds. The fraction of sp³-hybridized carbons (Fsp3) is 0.300. The van der Waals surface area contributed by atoms with Crippen LogP contribution in [0.25, 0.3) is 0 Å². The molecule has 1 fully saturated rings. The molecular formula is C10H11N3O3. The van der Waals surface area contributed by atoms with Crippen molar-refractivity contribution in [3.63, 3.8) is 0 Å². The highest BCUT2D eigenvalue weighted by Crippen LogP contribution is 2.27. The largest absolute Gasteiger partial charge is 0.502 e. The molecule has 1 aliphatic carbocycles. The topological polar surface area (TPSA) is 102 Å². The van der Waals surface area contributed by atoms with Gasteiger partial charge >= 0.3 is 5.69 Å². The van der Waals surface area contributed by atoms with Crippen molar-refractivity contribution < 1.29 is 10.0 Å². The maximum absolute atomic E-state index is 10.5. The Morgan fingerprint density at radius 1 is 1.56 bits per heavy atom. The normalized spacial score (nSPS) is 16.1. The number of nitro groups is 1. The number of nitrogens with two attached hydrogens (primary N) is 1. The highest BCUT2D eigenvalue weighted by molar-refractivity contribution is 5.98. The van der Waals surface area contributed by atoms with Gasteiger partial charge in [0.1, 0.15) is 5.84 Å². The van der Waals surface area contributed by atoms with E-state index >= 15 is 0 Å². The predicted molar refractivity (Wildman–Crippen MR) is 58.5 cm³/mol. The number of nitro benzene ring substituents is 1. The highest BCUT2D eigenvalue weighted by Gasteiger charge is 2.21. The zero-order valence-corrected chi connectivity index (χ0v) is 8.46. The number of aliphatic imine (C=N–C) groups is 1. The second-order valence-corrected chi connectivity index (χ2v) is 3.71. The van der Waals surface area contributed by atoms with Gasteiger partial charge in [0.05, 0.1) is 11.0 Å². The first kappa shape index (κ1) is 10.4. The van der Waals surface area contributed by atoms with Gasteiger partial charge in [-0.25, -0.2) is 0 Å². The van der Waals surface area contributed by atoms with Crippen LogP contribution in [0.5, 0.6) is 5.75 Å². The summed E-state index contributed by atoms with van der Waals surface area (Å²) >= 11 is 0. The van der Waals surface area contributed by atoms with Crippen molar-refractivity contribution in [2.45, 2.75) is 18.9 Å². The molecule has 0 bridgehead atoms. The summed E-state index contributed by atoms with van der Waals surface area (Å²) in [5, 5.41) is 19.9. The maximum atomic E-state index is 10.5. The summed E-state index contributed by atoms with van der Waals surface area (Å²) in [6.45, 7) is 0. The first-order valence-electron chi connectivity index (χ1n) is 4.89. The third-order valence-corrected chi connectivity index (χ3v) is 2.34. The molecule has 2 rings (SSSR count). The average molecular weight is 221 g/mol. The second kappa shape index (κ2) is 3.80. The minimum absolute atomic E-state index is 0.275. The van der Waals surface area contributed by atoms with Crippen LogP contribution in [0.15, 0.2) is 23.2 Å². The molecule has 6 nitrogen and oxygen atoms in total. The summed E-state index contributed by atoms with van der Waals surface area (Å²) in [4.78, 5) is 14.0. The van der Waals surface area contributed by atoms with Gasteiger partial charge in [0.2, 0.25) is 0 Å². The molecule has 0 spiro atoms. The summed E-state index contributed by atoms with van der Waals surface area (Å²) in [5.74, 6) is -0.0795. The lowest BCUT2D eigenvalue weighted by molar-refractivity contribution is -0.385. The number of phenolic OH excluding ortho intramolecular Hbond substituents is 1. The molecule has 1 saturated carbocycles. The van der Waals surface area contributed by atoms with Gasteiger partial charge in [-0.2, -0.15) is 0 Å². The SMILES string of the molecule is NC(=NC1CC1)c1ccc([N+](=O)[O-])c(O)c1. The quantitative estimate of drug-likeness (QED) is 0.346. The first-order chi connectivity index (χ1) is 7.58. The minimum Gasteiger partial charge on any atom is -0.502 e. The van der Waals surface area contributed by atoms with Gasteiger partial charge in [0, 0.05) is 11.6 Å². The van der Waals surface area contributed by atoms with E-state index in [1.165, 1.54) is 18.2 Å². The molecule has 0 radical (unpaired) electrons. The molecule has 1 aliphatic rings. The lowest BCUT2D eigenvalue weighted by Crippen LogP contribution is -2.14. The molecule has 0 heterocycles. The molecule has 0 unspecified atom stereocenters. The zero-order valence-electron chi connectivity index (χ0n) is 8.46. The van der Waals surface area contributed by atoms with Crippen molar-refractivity contribution in [3.8, 4) is 5.75 Å². The molecule has 6 heteroatoms. The molecule has 0 atom stereocenters. The van der Waals surface area contributed by atoms with Gasteiger partial charge in [-0.3, -0.25) is 15.1 Å². The monoisotopic (exact) mass is 221 g/mol. The molecule has 0 aliphatic heterocycles. The smallest absolute Gasteiger partial charge is 0.310 e. The number of phenols is 1. The maximum Gasteiger partial charge on any atom is 0.310 e. The highest BCUT2D eigenvalue weighted by atomic mass is 16.6. The number of benzene rings is 1. The lowest BCUT2D eigenvalue weighted by atomic mass is 10.2. The molecule has 84 valence electrons. The Labute approximate surface area is 91.6 Å². The minimum atomic E-state index is -0.645. The van der Waals surface area contributed by atoms with Crippen LogP contribution in [0.2, 0.25) is 0 Å². The van der Waals surface area contributed by atoms with Gasteiger partial charge in [0.25, 0.3) is 0 Å². The Morgan fingerprint density at radius 3 is 2.75 bits per heavy atom. The number of nitrogens with zero attached hydrogens (tertiary/aromatic N) is 2. The first-order valence-corrected chi connectivity index (χ1v) is 4.89. The summed E-state index contributed by atoms with van der Waals surface area (Å²) in [6, 6.07) is 4.25. The van der Waals surface area contributed by atoms with E-state index in [1.807, 2.05) is 0 Å². The van der Waals surface area contributed by atoms with Gasteiger partial charge in [-0.1, -0.05) is 0 Å². The van der Waals surface area contributed by atoms with Crippen molar-refractivity contribution in [1.82, 2.24) is 0 Å². The van der Waals surface area contributed by atoms with Crippen LogP contribution < -0.4 is 5.73 Å². The van der Waals surface area contributed by atoms with Crippen LogP contribution in [-0.2, 0) is 0 Å². The Morgan fingerprint density at radius 2 is 2.25 bits per heavy atom. The third kappa shape index (κ3) is 2.10. The van der Waals surface area contributed by atoms with E-state index in [0.717, 1.165) is 12.8 Å². The molecular weight excluding hydrogens is 210 g/mol. The number of hydrogen-bond acceptors (Lipinski definition) is 4. The van der Waals surface area contributed by atoms with Crippen LogP contribution in [0.4, 0.5) is 5.69 Å². The fourth-order valence-corrected chi connectivity index (χ4v) is 1.31. The van der Waals surface area contributed by atoms with E-state index in [9.17, 15) is 15.2 Å². The Kier molecular flexibility index (Phi) is 2.47. The van der Waals surface area contributed by atoms with E-state index in [1.54, 1.807) is 0 Å². The standard InChI is InChI=1S/C10H11N3O3/c11-10(12-7-2-3-7)6-1-4-8(13(15)16)9(14)5-6/h1,4-5,7,14H,2-3H2,(H2,11,12). The van der Waals surface area contributed by atoms with Crippen LogP contribution in [0, 0.1) is 10.1 Å². The summed E-state index contributed by atoms with van der Waals surface area (Å²) in [6.07, 6.45) is 2.05. The predicted octanol–water partition coefficient (Wildman–Crippen LogP) is 1.17. The zero-order chi connectivity index (χ0) is 11.7. The Hall–Kier alpha value is -2.11. The fourth-order valence-electron chi connectivity index (χ4n) is 1.31. The molecule has 1 aromatic rings.